The minimum atomic E-state index is 0.110. The van der Waals surface area contributed by atoms with Crippen molar-refractivity contribution in [1.29, 1.82) is 0 Å². The lowest BCUT2D eigenvalue weighted by Crippen LogP contribution is -2.37. The van der Waals surface area contributed by atoms with Gasteiger partial charge in [0.1, 0.15) is 12.4 Å². The van der Waals surface area contributed by atoms with E-state index in [4.69, 9.17) is 29.2 Å². The van der Waals surface area contributed by atoms with Gasteiger partial charge in [0, 0.05) is 19.7 Å². The van der Waals surface area contributed by atoms with Gasteiger partial charge in [0.25, 0.3) is 0 Å². The molecule has 0 aromatic heterocycles. The van der Waals surface area contributed by atoms with Crippen LogP contribution in [0, 0.1) is 0 Å². The molecule has 166 valence electrons. The number of para-hydroxylation sites is 2. The maximum absolute atomic E-state index is 5.87. The van der Waals surface area contributed by atoms with Crippen molar-refractivity contribution in [1.82, 2.24) is 5.32 Å². The molecular formula is C21H30N2O6S. The van der Waals surface area contributed by atoms with Crippen molar-refractivity contribution in [3.63, 3.8) is 0 Å². The topological polar surface area (TPSA) is 93.4 Å². The summed E-state index contributed by atoms with van der Waals surface area (Å²) >= 11 is 0.995. The molecule has 0 aliphatic rings. The van der Waals surface area contributed by atoms with Gasteiger partial charge in [-0.25, -0.2) is 0 Å². The van der Waals surface area contributed by atoms with Gasteiger partial charge < -0.3 is 24.3 Å². The number of nitrogens with one attached hydrogen (secondary N) is 1. The molecule has 0 bridgehead atoms. The summed E-state index contributed by atoms with van der Waals surface area (Å²) in [7, 11) is 3.28. The minimum Gasteiger partial charge on any atom is -0.495 e. The monoisotopic (exact) mass is 438 g/mol. The van der Waals surface area contributed by atoms with Gasteiger partial charge in [0.15, 0.2) is 11.5 Å². The van der Waals surface area contributed by atoms with E-state index in [-0.39, 0.29) is 6.04 Å². The van der Waals surface area contributed by atoms with Crippen LogP contribution in [0.3, 0.4) is 0 Å². The second kappa shape index (κ2) is 14.1. The molecule has 1 atom stereocenters. The molecule has 0 heterocycles. The highest BCUT2D eigenvalue weighted by Crippen LogP contribution is 2.31. The summed E-state index contributed by atoms with van der Waals surface area (Å²) in [5.74, 6) is 7.10. The average molecular weight is 439 g/mol. The Labute approximate surface area is 182 Å². The quantitative estimate of drug-likeness (QED) is 0.188. The van der Waals surface area contributed by atoms with Crippen molar-refractivity contribution in [2.75, 3.05) is 40.6 Å². The molecule has 0 radical (unpaired) electrons. The van der Waals surface area contributed by atoms with E-state index in [0.29, 0.717) is 32.1 Å². The number of benzene rings is 2. The van der Waals surface area contributed by atoms with Gasteiger partial charge >= 0.3 is 0 Å². The first kappa shape index (κ1) is 24.3. The zero-order valence-corrected chi connectivity index (χ0v) is 18.4. The molecule has 3 N–H and O–H groups in total. The Kier molecular flexibility index (Phi) is 11.4. The molecule has 0 amide bonds. The molecule has 0 aliphatic heterocycles. The van der Waals surface area contributed by atoms with Crippen molar-refractivity contribution >= 4 is 12.0 Å². The Morgan fingerprint density at radius 1 is 1.03 bits per heavy atom. The predicted molar refractivity (Wildman–Crippen MR) is 116 cm³/mol. The number of nitrogens with two attached hydrogens (primary N) is 1. The Morgan fingerprint density at radius 2 is 1.80 bits per heavy atom. The number of ether oxygens (including phenoxy) is 4. The molecule has 8 nitrogen and oxygen atoms in total. The summed E-state index contributed by atoms with van der Waals surface area (Å²) in [6, 6.07) is 13.6. The van der Waals surface area contributed by atoms with E-state index in [2.05, 4.69) is 10.3 Å². The van der Waals surface area contributed by atoms with E-state index >= 15 is 0 Å². The molecule has 30 heavy (non-hydrogen) atoms. The molecule has 0 fully saturated rings. The van der Waals surface area contributed by atoms with Crippen molar-refractivity contribution in [3.05, 3.63) is 48.0 Å². The van der Waals surface area contributed by atoms with Crippen LogP contribution in [0.25, 0.3) is 0 Å². The molecule has 9 heteroatoms. The van der Waals surface area contributed by atoms with Gasteiger partial charge in [-0.05, 0) is 43.2 Å². The largest absolute Gasteiger partial charge is 0.495 e. The number of rotatable bonds is 15. The zero-order valence-electron chi connectivity index (χ0n) is 17.6. The third-order valence-electron chi connectivity index (χ3n) is 4.18. The first-order valence-electron chi connectivity index (χ1n) is 9.65. The highest BCUT2D eigenvalue weighted by Gasteiger charge is 2.13. The summed E-state index contributed by atoms with van der Waals surface area (Å²) in [4.78, 5) is 4.95. The standard InChI is InChI=1S/C21H30N2O6S/c1-4-26-18-7-5-6-8-19(18)27-12-11-23-17(15-24-2)13-16-9-10-20(25-3)21(14-16)30-29-28-22/h5-10,14,17,23H,4,11-13,15,22H2,1-3H3/t17-/m0/s1. The molecule has 0 saturated carbocycles. The lowest BCUT2D eigenvalue weighted by Gasteiger charge is -2.19. The highest BCUT2D eigenvalue weighted by atomic mass is 32.2. The van der Waals surface area contributed by atoms with Crippen LogP contribution >= 0.6 is 12.0 Å². The second-order valence-corrected chi connectivity index (χ2v) is 7.01. The van der Waals surface area contributed by atoms with Gasteiger partial charge in [-0.3, -0.25) is 0 Å². The summed E-state index contributed by atoms with van der Waals surface area (Å²) < 4.78 is 26.9. The first-order chi connectivity index (χ1) is 14.7. The van der Waals surface area contributed by atoms with Crippen molar-refractivity contribution in [3.8, 4) is 17.2 Å². The fourth-order valence-electron chi connectivity index (χ4n) is 2.91. The molecule has 2 rings (SSSR count). The maximum Gasteiger partial charge on any atom is 0.161 e. The SMILES string of the molecule is CCOc1ccccc1OCCN[C@H](COC)Cc1ccc(OC)c(SOON)c1. The van der Waals surface area contributed by atoms with E-state index in [0.717, 1.165) is 40.4 Å². The minimum absolute atomic E-state index is 0.110. The molecule has 0 aliphatic carbocycles. The smallest absolute Gasteiger partial charge is 0.161 e. The Morgan fingerprint density at radius 3 is 2.47 bits per heavy atom. The van der Waals surface area contributed by atoms with Crippen molar-refractivity contribution < 1.29 is 28.3 Å². The van der Waals surface area contributed by atoms with Gasteiger partial charge in [-0.1, -0.05) is 18.2 Å². The summed E-state index contributed by atoms with van der Waals surface area (Å²) in [6.07, 6.45) is 0.754. The second-order valence-electron chi connectivity index (χ2n) is 6.27. The van der Waals surface area contributed by atoms with Crippen molar-refractivity contribution in [2.24, 2.45) is 5.90 Å². The lowest BCUT2D eigenvalue weighted by molar-refractivity contribution is -0.195. The molecular weight excluding hydrogens is 408 g/mol. The summed E-state index contributed by atoms with van der Waals surface area (Å²) in [5, 5.41) is 3.48. The van der Waals surface area contributed by atoms with Crippen LogP contribution < -0.4 is 25.4 Å². The third-order valence-corrected chi connectivity index (χ3v) is 4.83. The first-order valence-corrected chi connectivity index (χ1v) is 10.4. The maximum atomic E-state index is 5.87. The zero-order chi connectivity index (χ0) is 21.6. The summed E-state index contributed by atoms with van der Waals surface area (Å²) in [5.41, 5.74) is 1.09. The van der Waals surface area contributed by atoms with Gasteiger partial charge in [-0.2, -0.15) is 5.90 Å². The van der Waals surface area contributed by atoms with Crippen molar-refractivity contribution in [2.45, 2.75) is 24.3 Å². The van der Waals surface area contributed by atoms with E-state index in [1.54, 1.807) is 14.2 Å². The van der Waals surface area contributed by atoms with E-state index < -0.39 is 0 Å². The molecule has 0 saturated heterocycles. The molecule has 0 spiro atoms. The number of hydrogen-bond acceptors (Lipinski definition) is 9. The molecule has 0 unspecified atom stereocenters. The van der Waals surface area contributed by atoms with E-state index in [1.165, 1.54) is 0 Å². The van der Waals surface area contributed by atoms with E-state index in [9.17, 15) is 0 Å². The number of hydrogen-bond donors (Lipinski definition) is 2. The van der Waals surface area contributed by atoms with Crippen LogP contribution in [0.4, 0.5) is 0 Å². The molecule has 2 aromatic rings. The normalized spacial score (nSPS) is 11.9. The van der Waals surface area contributed by atoms with E-state index in [1.807, 2.05) is 49.4 Å². The Hall–Kier alpha value is -2.01. The van der Waals surface area contributed by atoms with Crippen LogP contribution in [0.2, 0.25) is 0 Å². The highest BCUT2D eigenvalue weighted by molar-refractivity contribution is 7.94. The summed E-state index contributed by atoms with van der Waals surface area (Å²) in [6.45, 7) is 4.28. The van der Waals surface area contributed by atoms with Gasteiger partial charge in [0.2, 0.25) is 0 Å². The average Bonchev–Trinajstić information content (AvgIpc) is 2.76. The van der Waals surface area contributed by atoms with Gasteiger partial charge in [-0.15, -0.1) is 9.32 Å². The van der Waals surface area contributed by atoms with Crippen LogP contribution in [0.1, 0.15) is 12.5 Å². The Bertz CT molecular complexity index is 749. The van der Waals surface area contributed by atoms with Gasteiger partial charge in [0.05, 0.1) is 37.3 Å². The lowest BCUT2D eigenvalue weighted by atomic mass is 10.1. The fraction of sp³-hybridized carbons (Fsp3) is 0.429. The van der Waals surface area contributed by atoms with Crippen LogP contribution in [-0.2, 0) is 20.5 Å². The third kappa shape index (κ3) is 8.02. The Balaban J connectivity index is 1.90. The van der Waals surface area contributed by atoms with Crippen LogP contribution in [0.15, 0.2) is 47.4 Å². The van der Waals surface area contributed by atoms with Crippen LogP contribution in [-0.4, -0.2) is 46.6 Å². The predicted octanol–water partition coefficient (Wildman–Crippen LogP) is 3.15. The van der Waals surface area contributed by atoms with Crippen LogP contribution in [0.5, 0.6) is 17.2 Å². The fourth-order valence-corrected chi connectivity index (χ4v) is 3.46. The molecule has 2 aromatic carbocycles. The number of methoxy groups -OCH3 is 2.